The third-order valence-electron chi connectivity index (χ3n) is 2.86. The molecule has 0 spiro atoms. The van der Waals surface area contributed by atoms with Gasteiger partial charge in [-0.05, 0) is 17.9 Å². The van der Waals surface area contributed by atoms with Gasteiger partial charge in [0, 0.05) is 11.5 Å². The van der Waals surface area contributed by atoms with Gasteiger partial charge in [-0.2, -0.15) is 0 Å². The van der Waals surface area contributed by atoms with E-state index in [1.807, 2.05) is 18.2 Å². The van der Waals surface area contributed by atoms with E-state index in [1.54, 1.807) is 0 Å². The molecular formula is C12H14O. The number of hydrogen-bond acceptors (Lipinski definition) is 1. The molecule has 68 valence electrons. The summed E-state index contributed by atoms with van der Waals surface area (Å²) in [5.41, 5.74) is 2.17. The summed E-state index contributed by atoms with van der Waals surface area (Å²) in [6, 6.07) is 7.96. The van der Waals surface area contributed by atoms with Crippen LogP contribution < -0.4 is 0 Å². The summed E-state index contributed by atoms with van der Waals surface area (Å²) in [7, 11) is 0. The van der Waals surface area contributed by atoms with Gasteiger partial charge in [0.1, 0.15) is 0 Å². The Hall–Kier alpha value is -1.11. The summed E-state index contributed by atoms with van der Waals surface area (Å²) in [5.74, 6) is 1.02. The molecule has 1 aromatic rings. The molecule has 1 aromatic carbocycles. The highest BCUT2D eigenvalue weighted by molar-refractivity contribution is 6.02. The van der Waals surface area contributed by atoms with E-state index in [9.17, 15) is 4.79 Å². The maximum Gasteiger partial charge on any atom is 0.166 e. The predicted molar refractivity (Wildman–Crippen MR) is 52.8 cm³/mol. The van der Waals surface area contributed by atoms with Gasteiger partial charge < -0.3 is 0 Å². The van der Waals surface area contributed by atoms with Crippen LogP contribution in [-0.2, 0) is 6.42 Å². The molecule has 1 aliphatic carbocycles. The van der Waals surface area contributed by atoms with Gasteiger partial charge in [0.2, 0.25) is 0 Å². The van der Waals surface area contributed by atoms with Gasteiger partial charge in [0.25, 0.3) is 0 Å². The molecule has 1 aliphatic rings. The quantitative estimate of drug-likeness (QED) is 0.639. The summed E-state index contributed by atoms with van der Waals surface area (Å²) in [6.07, 6.45) is 0.937. The van der Waals surface area contributed by atoms with Gasteiger partial charge in [-0.1, -0.05) is 38.1 Å². The lowest BCUT2D eigenvalue weighted by Gasteiger charge is -2.10. The minimum absolute atomic E-state index is 0.220. The van der Waals surface area contributed by atoms with Gasteiger partial charge in [-0.3, -0.25) is 4.79 Å². The molecule has 0 saturated heterocycles. The molecule has 1 unspecified atom stereocenters. The summed E-state index contributed by atoms with van der Waals surface area (Å²) in [6.45, 7) is 4.24. The van der Waals surface area contributed by atoms with Gasteiger partial charge in [-0.25, -0.2) is 0 Å². The monoisotopic (exact) mass is 174 g/mol. The summed E-state index contributed by atoms with van der Waals surface area (Å²) in [5, 5.41) is 0. The van der Waals surface area contributed by atoms with E-state index in [1.165, 1.54) is 5.56 Å². The SMILES string of the molecule is CC(C)C1Cc2ccccc2C1=O. The fourth-order valence-corrected chi connectivity index (χ4v) is 2.01. The van der Waals surface area contributed by atoms with Gasteiger partial charge in [-0.15, -0.1) is 0 Å². The molecule has 2 rings (SSSR count). The van der Waals surface area contributed by atoms with Crippen LogP contribution in [-0.4, -0.2) is 5.78 Å². The predicted octanol–water partition coefficient (Wildman–Crippen LogP) is 2.70. The highest BCUT2D eigenvalue weighted by Crippen LogP contribution is 2.30. The van der Waals surface area contributed by atoms with Crippen LogP contribution >= 0.6 is 0 Å². The number of carbonyl (C=O) groups is 1. The topological polar surface area (TPSA) is 17.1 Å². The lowest BCUT2D eigenvalue weighted by molar-refractivity contribution is 0.0906. The number of hydrogen-bond donors (Lipinski definition) is 0. The second kappa shape index (κ2) is 2.99. The van der Waals surface area contributed by atoms with Crippen molar-refractivity contribution in [3.8, 4) is 0 Å². The van der Waals surface area contributed by atoms with E-state index in [-0.39, 0.29) is 5.92 Å². The minimum Gasteiger partial charge on any atom is -0.294 e. The van der Waals surface area contributed by atoms with Crippen LogP contribution in [0, 0.1) is 11.8 Å². The smallest absolute Gasteiger partial charge is 0.166 e. The molecule has 0 amide bonds. The van der Waals surface area contributed by atoms with Crippen molar-refractivity contribution in [3.63, 3.8) is 0 Å². The fourth-order valence-electron chi connectivity index (χ4n) is 2.01. The first-order chi connectivity index (χ1) is 6.20. The summed E-state index contributed by atoms with van der Waals surface area (Å²) in [4.78, 5) is 11.8. The highest BCUT2D eigenvalue weighted by Gasteiger charge is 2.31. The number of fused-ring (bicyclic) bond motifs is 1. The van der Waals surface area contributed by atoms with E-state index >= 15 is 0 Å². The first-order valence-electron chi connectivity index (χ1n) is 4.82. The van der Waals surface area contributed by atoms with Crippen LogP contribution in [0.2, 0.25) is 0 Å². The molecule has 0 N–H and O–H groups in total. The van der Waals surface area contributed by atoms with Crippen LogP contribution in [0.3, 0.4) is 0 Å². The van der Waals surface area contributed by atoms with Crippen LogP contribution in [0.15, 0.2) is 24.3 Å². The second-order valence-corrected chi connectivity index (χ2v) is 4.08. The Labute approximate surface area is 78.8 Å². The van der Waals surface area contributed by atoms with Crippen LogP contribution in [0.5, 0.6) is 0 Å². The Balaban J connectivity index is 2.38. The second-order valence-electron chi connectivity index (χ2n) is 4.08. The lowest BCUT2D eigenvalue weighted by atomic mass is 9.92. The maximum atomic E-state index is 11.8. The van der Waals surface area contributed by atoms with Crippen LogP contribution in [0.25, 0.3) is 0 Å². The van der Waals surface area contributed by atoms with Crippen molar-refractivity contribution in [2.75, 3.05) is 0 Å². The molecule has 0 radical (unpaired) electrons. The maximum absolute atomic E-state index is 11.8. The van der Waals surface area contributed by atoms with E-state index in [0.717, 1.165) is 12.0 Å². The van der Waals surface area contributed by atoms with Crippen LogP contribution in [0.1, 0.15) is 29.8 Å². The van der Waals surface area contributed by atoms with Crippen molar-refractivity contribution in [2.24, 2.45) is 11.8 Å². The van der Waals surface area contributed by atoms with Gasteiger partial charge in [0.15, 0.2) is 5.78 Å². The van der Waals surface area contributed by atoms with Crippen LogP contribution in [0.4, 0.5) is 0 Å². The van der Waals surface area contributed by atoms with E-state index < -0.39 is 0 Å². The number of Topliss-reactive ketones (excluding diaryl/α,β-unsaturated/α-hetero) is 1. The Bertz CT molecular complexity index is 339. The van der Waals surface area contributed by atoms with Crippen molar-refractivity contribution >= 4 is 5.78 Å². The normalized spacial score (nSPS) is 20.8. The third kappa shape index (κ3) is 1.28. The van der Waals surface area contributed by atoms with E-state index in [4.69, 9.17) is 0 Å². The molecule has 1 heteroatoms. The Morgan fingerprint density at radius 2 is 2.00 bits per heavy atom. The average Bonchev–Trinajstić information content (AvgIpc) is 2.45. The zero-order chi connectivity index (χ0) is 9.42. The zero-order valence-electron chi connectivity index (χ0n) is 8.08. The zero-order valence-corrected chi connectivity index (χ0v) is 8.08. The summed E-state index contributed by atoms with van der Waals surface area (Å²) < 4.78 is 0. The largest absolute Gasteiger partial charge is 0.294 e. The summed E-state index contributed by atoms with van der Waals surface area (Å²) >= 11 is 0. The first-order valence-corrected chi connectivity index (χ1v) is 4.82. The van der Waals surface area contributed by atoms with Crippen molar-refractivity contribution in [1.82, 2.24) is 0 Å². The Kier molecular flexibility index (Phi) is 1.95. The number of carbonyl (C=O) groups excluding carboxylic acids is 1. The standard InChI is InChI=1S/C12H14O/c1-8(2)11-7-9-5-3-4-6-10(9)12(11)13/h3-6,8,11H,7H2,1-2H3. The number of rotatable bonds is 1. The van der Waals surface area contributed by atoms with E-state index in [0.29, 0.717) is 11.7 Å². The molecule has 1 atom stereocenters. The van der Waals surface area contributed by atoms with Crippen molar-refractivity contribution < 1.29 is 4.79 Å². The number of ketones is 1. The lowest BCUT2D eigenvalue weighted by Crippen LogP contribution is -2.15. The van der Waals surface area contributed by atoms with Gasteiger partial charge >= 0.3 is 0 Å². The molecule has 0 aromatic heterocycles. The van der Waals surface area contributed by atoms with Crippen molar-refractivity contribution in [2.45, 2.75) is 20.3 Å². The molecule has 0 bridgehead atoms. The molecular weight excluding hydrogens is 160 g/mol. The number of benzene rings is 1. The van der Waals surface area contributed by atoms with Gasteiger partial charge in [0.05, 0.1) is 0 Å². The molecule has 0 heterocycles. The molecule has 0 fully saturated rings. The van der Waals surface area contributed by atoms with E-state index in [2.05, 4.69) is 19.9 Å². The fraction of sp³-hybridized carbons (Fsp3) is 0.417. The van der Waals surface area contributed by atoms with Crippen molar-refractivity contribution in [3.05, 3.63) is 35.4 Å². The van der Waals surface area contributed by atoms with Crippen molar-refractivity contribution in [1.29, 1.82) is 0 Å². The first kappa shape index (κ1) is 8.49. The highest BCUT2D eigenvalue weighted by atomic mass is 16.1. The Morgan fingerprint density at radius 3 is 2.62 bits per heavy atom. The Morgan fingerprint density at radius 1 is 1.31 bits per heavy atom. The minimum atomic E-state index is 0.220. The third-order valence-corrected chi connectivity index (χ3v) is 2.86. The molecule has 0 saturated carbocycles. The molecule has 13 heavy (non-hydrogen) atoms. The molecule has 0 aliphatic heterocycles. The molecule has 1 nitrogen and oxygen atoms in total. The average molecular weight is 174 g/mol.